The van der Waals surface area contributed by atoms with E-state index in [1.165, 1.54) is 56.1 Å². The van der Waals surface area contributed by atoms with Gasteiger partial charge in [-0.15, -0.1) is 0 Å². The summed E-state index contributed by atoms with van der Waals surface area (Å²) in [6, 6.07) is 19.3. The van der Waals surface area contributed by atoms with Crippen LogP contribution >= 0.6 is 0 Å². The van der Waals surface area contributed by atoms with Crippen LogP contribution < -0.4 is 4.74 Å². The molecule has 2 rings (SSSR count). The fourth-order valence-electron chi connectivity index (χ4n) is 2.81. The molecule has 23 heavy (non-hydrogen) atoms. The Balaban J connectivity index is 1.59. The van der Waals surface area contributed by atoms with Crippen LogP contribution in [0.2, 0.25) is 0 Å². The maximum absolute atomic E-state index is 5.91. The molecule has 0 aromatic heterocycles. The quantitative estimate of drug-likeness (QED) is 0.448. The van der Waals surface area contributed by atoms with Gasteiger partial charge in [0.25, 0.3) is 0 Å². The first-order valence-electron chi connectivity index (χ1n) is 9.14. The lowest BCUT2D eigenvalue weighted by Crippen LogP contribution is -1.98. The second-order valence-electron chi connectivity index (χ2n) is 6.25. The summed E-state index contributed by atoms with van der Waals surface area (Å²) >= 11 is 0. The van der Waals surface area contributed by atoms with Crippen molar-refractivity contribution in [2.24, 2.45) is 0 Å². The van der Waals surface area contributed by atoms with E-state index in [4.69, 9.17) is 4.74 Å². The van der Waals surface area contributed by atoms with Crippen LogP contribution in [0.25, 0.3) is 0 Å². The van der Waals surface area contributed by atoms with Gasteiger partial charge in [0.1, 0.15) is 5.75 Å². The number of ether oxygens (including phenoxy) is 1. The minimum atomic E-state index is 0.827. The van der Waals surface area contributed by atoms with E-state index in [1.807, 2.05) is 0 Å². The van der Waals surface area contributed by atoms with Gasteiger partial charge in [-0.1, -0.05) is 62.2 Å². The summed E-state index contributed by atoms with van der Waals surface area (Å²) in [6.07, 6.45) is 9.81. The van der Waals surface area contributed by atoms with Crippen LogP contribution in [0.3, 0.4) is 0 Å². The highest BCUT2D eigenvalue weighted by molar-refractivity contribution is 5.28. The van der Waals surface area contributed by atoms with E-state index < -0.39 is 0 Å². The molecule has 2 aromatic carbocycles. The molecule has 0 aliphatic heterocycles. The SMILES string of the molecule is CCCCCc1cccc(OCCCCCc2ccccc2)c1. The van der Waals surface area contributed by atoms with Crippen molar-refractivity contribution in [2.45, 2.75) is 58.3 Å². The van der Waals surface area contributed by atoms with Gasteiger partial charge in [0.05, 0.1) is 6.61 Å². The molecule has 1 heteroatoms. The van der Waals surface area contributed by atoms with Crippen LogP contribution in [0.5, 0.6) is 5.75 Å². The lowest BCUT2D eigenvalue weighted by Gasteiger charge is -2.08. The average molecular weight is 310 g/mol. The van der Waals surface area contributed by atoms with Gasteiger partial charge in [-0.25, -0.2) is 0 Å². The molecule has 1 nitrogen and oxygen atoms in total. The highest BCUT2D eigenvalue weighted by Crippen LogP contribution is 2.16. The fraction of sp³-hybridized carbons (Fsp3) is 0.455. The molecule has 0 amide bonds. The maximum Gasteiger partial charge on any atom is 0.119 e. The van der Waals surface area contributed by atoms with Crippen LogP contribution in [-0.2, 0) is 12.8 Å². The van der Waals surface area contributed by atoms with Gasteiger partial charge in [-0.3, -0.25) is 0 Å². The molecule has 0 aliphatic rings. The van der Waals surface area contributed by atoms with Crippen LogP contribution in [-0.4, -0.2) is 6.61 Å². The van der Waals surface area contributed by atoms with Crippen molar-refractivity contribution in [1.29, 1.82) is 0 Å². The predicted octanol–water partition coefficient (Wildman–Crippen LogP) is 6.21. The maximum atomic E-state index is 5.91. The van der Waals surface area contributed by atoms with Gasteiger partial charge in [-0.2, -0.15) is 0 Å². The summed E-state index contributed by atoms with van der Waals surface area (Å²) < 4.78 is 5.91. The van der Waals surface area contributed by atoms with Crippen LogP contribution in [0, 0.1) is 0 Å². The summed E-state index contributed by atoms with van der Waals surface area (Å²) in [5, 5.41) is 0. The lowest BCUT2D eigenvalue weighted by atomic mass is 10.1. The second-order valence-corrected chi connectivity index (χ2v) is 6.25. The first-order chi connectivity index (χ1) is 11.4. The summed E-state index contributed by atoms with van der Waals surface area (Å²) in [4.78, 5) is 0. The van der Waals surface area contributed by atoms with E-state index in [0.29, 0.717) is 0 Å². The normalized spacial score (nSPS) is 10.7. The van der Waals surface area contributed by atoms with E-state index >= 15 is 0 Å². The highest BCUT2D eigenvalue weighted by atomic mass is 16.5. The predicted molar refractivity (Wildman–Crippen MR) is 99.2 cm³/mol. The largest absolute Gasteiger partial charge is 0.494 e. The third kappa shape index (κ3) is 7.36. The summed E-state index contributed by atoms with van der Waals surface area (Å²) in [5.74, 6) is 1.03. The number of aryl methyl sites for hydroxylation is 2. The zero-order valence-electron chi connectivity index (χ0n) is 14.5. The minimum Gasteiger partial charge on any atom is -0.494 e. The van der Waals surface area contributed by atoms with E-state index in [-0.39, 0.29) is 0 Å². The molecule has 0 bridgehead atoms. The van der Waals surface area contributed by atoms with Gasteiger partial charge in [0.2, 0.25) is 0 Å². The Hall–Kier alpha value is -1.76. The smallest absolute Gasteiger partial charge is 0.119 e. The van der Waals surface area contributed by atoms with E-state index in [9.17, 15) is 0 Å². The number of benzene rings is 2. The van der Waals surface area contributed by atoms with Gasteiger partial charge < -0.3 is 4.74 Å². The average Bonchev–Trinajstić information content (AvgIpc) is 2.59. The first-order valence-corrected chi connectivity index (χ1v) is 9.14. The molecule has 0 unspecified atom stereocenters. The molecule has 0 atom stereocenters. The van der Waals surface area contributed by atoms with Crippen molar-refractivity contribution in [2.75, 3.05) is 6.61 Å². The van der Waals surface area contributed by atoms with E-state index in [0.717, 1.165) is 18.8 Å². The Kier molecular flexibility index (Phi) is 8.32. The fourth-order valence-corrected chi connectivity index (χ4v) is 2.81. The third-order valence-electron chi connectivity index (χ3n) is 4.19. The van der Waals surface area contributed by atoms with Crippen LogP contribution in [0.4, 0.5) is 0 Å². The molecular formula is C22H30O. The molecule has 0 heterocycles. The molecule has 0 aliphatic carbocycles. The molecule has 2 aromatic rings. The van der Waals surface area contributed by atoms with E-state index in [1.54, 1.807) is 0 Å². The molecule has 0 fully saturated rings. The summed E-state index contributed by atoms with van der Waals surface area (Å²) in [5.41, 5.74) is 2.84. The second kappa shape index (κ2) is 10.9. The summed E-state index contributed by atoms with van der Waals surface area (Å²) in [7, 11) is 0. The third-order valence-corrected chi connectivity index (χ3v) is 4.19. The monoisotopic (exact) mass is 310 g/mol. The molecule has 124 valence electrons. The molecule has 0 radical (unpaired) electrons. The number of hydrogen-bond acceptors (Lipinski definition) is 1. The van der Waals surface area contributed by atoms with Crippen LogP contribution in [0.1, 0.15) is 56.6 Å². The zero-order valence-corrected chi connectivity index (χ0v) is 14.5. The van der Waals surface area contributed by atoms with Crippen molar-refractivity contribution >= 4 is 0 Å². The van der Waals surface area contributed by atoms with Crippen molar-refractivity contribution in [3.63, 3.8) is 0 Å². The number of unbranched alkanes of at least 4 members (excludes halogenated alkanes) is 4. The number of rotatable bonds is 11. The van der Waals surface area contributed by atoms with Crippen molar-refractivity contribution in [3.8, 4) is 5.75 Å². The van der Waals surface area contributed by atoms with Gasteiger partial charge >= 0.3 is 0 Å². The summed E-state index contributed by atoms with van der Waals surface area (Å²) in [6.45, 7) is 3.07. The van der Waals surface area contributed by atoms with Crippen molar-refractivity contribution in [1.82, 2.24) is 0 Å². The Bertz CT molecular complexity index is 533. The van der Waals surface area contributed by atoms with E-state index in [2.05, 4.69) is 61.5 Å². The van der Waals surface area contributed by atoms with Gasteiger partial charge in [0, 0.05) is 0 Å². The molecular weight excluding hydrogens is 280 g/mol. The number of hydrogen-bond donors (Lipinski definition) is 0. The standard InChI is InChI=1S/C22H30O/c1-2-3-6-15-21-16-11-17-22(19-21)23-18-10-5-9-14-20-12-7-4-8-13-20/h4,7-8,11-13,16-17,19H,2-3,5-6,9-10,14-15,18H2,1H3. The topological polar surface area (TPSA) is 9.23 Å². The van der Waals surface area contributed by atoms with Crippen molar-refractivity contribution in [3.05, 3.63) is 65.7 Å². The lowest BCUT2D eigenvalue weighted by molar-refractivity contribution is 0.305. The Morgan fingerprint density at radius 1 is 0.696 bits per heavy atom. The molecule has 0 saturated heterocycles. The Morgan fingerprint density at radius 2 is 1.43 bits per heavy atom. The Morgan fingerprint density at radius 3 is 2.26 bits per heavy atom. The Labute approximate surface area is 141 Å². The van der Waals surface area contributed by atoms with Gasteiger partial charge in [0.15, 0.2) is 0 Å². The van der Waals surface area contributed by atoms with Crippen LogP contribution in [0.15, 0.2) is 54.6 Å². The molecule has 0 N–H and O–H groups in total. The minimum absolute atomic E-state index is 0.827. The molecule has 0 spiro atoms. The molecule has 0 saturated carbocycles. The zero-order chi connectivity index (χ0) is 16.2. The van der Waals surface area contributed by atoms with Crippen molar-refractivity contribution < 1.29 is 4.74 Å². The highest BCUT2D eigenvalue weighted by Gasteiger charge is 1.98. The van der Waals surface area contributed by atoms with Gasteiger partial charge in [-0.05, 0) is 61.8 Å². The first kappa shape index (κ1) is 17.6.